The van der Waals surface area contributed by atoms with Gasteiger partial charge in [-0.3, -0.25) is 9.59 Å². The van der Waals surface area contributed by atoms with Crippen LogP contribution in [-0.4, -0.2) is 23.5 Å². The fourth-order valence-corrected chi connectivity index (χ4v) is 3.36. The average Bonchev–Trinajstić information content (AvgIpc) is 3.06. The quantitative estimate of drug-likeness (QED) is 0.723. The number of nitrogens with one attached hydrogen (secondary N) is 1. The van der Waals surface area contributed by atoms with Crippen molar-refractivity contribution in [3.8, 4) is 0 Å². The number of carbonyl (C=O) groups is 2. The third-order valence-electron chi connectivity index (χ3n) is 2.59. The van der Waals surface area contributed by atoms with Crippen LogP contribution < -0.4 is 11.1 Å². The molecule has 0 radical (unpaired) electrons. The van der Waals surface area contributed by atoms with Gasteiger partial charge in [-0.05, 0) is 22.9 Å². The first-order valence-electron chi connectivity index (χ1n) is 5.42. The van der Waals surface area contributed by atoms with Gasteiger partial charge in [0.25, 0.3) is 0 Å². The van der Waals surface area contributed by atoms with Crippen molar-refractivity contribution in [1.82, 2.24) is 5.32 Å². The first kappa shape index (κ1) is 13.7. The summed E-state index contributed by atoms with van der Waals surface area (Å²) in [4.78, 5) is 23.4. The fourth-order valence-electron chi connectivity index (χ4n) is 1.62. The zero-order valence-electron chi connectivity index (χ0n) is 9.83. The average molecular weight is 296 g/mol. The van der Waals surface area contributed by atoms with E-state index in [2.05, 4.69) is 5.32 Å². The minimum absolute atomic E-state index is 0.101. The predicted molar refractivity (Wildman–Crippen MR) is 73.8 cm³/mol. The maximum atomic E-state index is 11.2. The van der Waals surface area contributed by atoms with Gasteiger partial charge in [0.2, 0.25) is 0 Å². The highest BCUT2D eigenvalue weighted by atomic mass is 32.1. The van der Waals surface area contributed by atoms with Crippen molar-refractivity contribution in [2.24, 2.45) is 5.73 Å². The lowest BCUT2D eigenvalue weighted by Crippen LogP contribution is -2.44. The maximum Gasteiger partial charge on any atom is 0.309 e. The highest BCUT2D eigenvalue weighted by Crippen LogP contribution is 2.34. The second kappa shape index (κ2) is 5.52. The van der Waals surface area contributed by atoms with Gasteiger partial charge in [-0.15, -0.1) is 22.7 Å². The Balaban J connectivity index is 2.26. The third-order valence-corrected chi connectivity index (χ3v) is 4.63. The molecule has 0 saturated carbocycles. The normalized spacial score (nSPS) is 11.2. The number of aliphatic hydroxyl groups is 1. The number of hydrogen-bond acceptors (Lipinski definition) is 5. The molecule has 2 heterocycles. The van der Waals surface area contributed by atoms with Gasteiger partial charge < -0.3 is 16.2 Å². The number of amides is 2. The van der Waals surface area contributed by atoms with Gasteiger partial charge in [0.15, 0.2) is 0 Å². The Kier molecular flexibility index (Phi) is 3.98. The molecule has 7 heteroatoms. The number of thiophene rings is 2. The predicted octanol–water partition coefficient (Wildman–Crippen LogP) is 0.647. The van der Waals surface area contributed by atoms with Gasteiger partial charge in [-0.2, -0.15) is 0 Å². The largest absolute Gasteiger partial charge is 0.377 e. The second-order valence-electron chi connectivity index (χ2n) is 3.86. The number of rotatable bonds is 4. The van der Waals surface area contributed by atoms with Crippen LogP contribution in [0.1, 0.15) is 9.75 Å². The highest BCUT2D eigenvalue weighted by molar-refractivity contribution is 7.11. The molecule has 0 spiro atoms. The number of carbonyl (C=O) groups excluding carboxylic acids is 2. The van der Waals surface area contributed by atoms with Crippen molar-refractivity contribution in [2.45, 2.75) is 5.60 Å². The summed E-state index contributed by atoms with van der Waals surface area (Å²) in [5, 5.41) is 16.8. The summed E-state index contributed by atoms with van der Waals surface area (Å²) >= 11 is 2.75. The van der Waals surface area contributed by atoms with E-state index in [4.69, 9.17) is 5.73 Å². The van der Waals surface area contributed by atoms with Crippen molar-refractivity contribution in [3.63, 3.8) is 0 Å². The Morgan fingerprint density at radius 2 is 1.74 bits per heavy atom. The smallest absolute Gasteiger partial charge is 0.309 e. The minimum Gasteiger partial charge on any atom is -0.377 e. The summed E-state index contributed by atoms with van der Waals surface area (Å²) in [6, 6.07) is 7.19. The molecule has 19 heavy (non-hydrogen) atoms. The molecule has 2 aromatic rings. The van der Waals surface area contributed by atoms with Crippen LogP contribution in [0.2, 0.25) is 0 Å². The molecule has 100 valence electrons. The maximum absolute atomic E-state index is 11.2. The van der Waals surface area contributed by atoms with Crippen LogP contribution in [0.5, 0.6) is 0 Å². The van der Waals surface area contributed by atoms with Crippen molar-refractivity contribution >= 4 is 34.5 Å². The molecule has 0 aliphatic rings. The van der Waals surface area contributed by atoms with Crippen LogP contribution >= 0.6 is 22.7 Å². The summed E-state index contributed by atoms with van der Waals surface area (Å²) in [7, 11) is 0. The van der Waals surface area contributed by atoms with Crippen molar-refractivity contribution in [1.29, 1.82) is 0 Å². The van der Waals surface area contributed by atoms with Crippen LogP contribution in [-0.2, 0) is 15.2 Å². The Labute approximate surface area is 117 Å². The molecule has 2 rings (SSSR count). The fraction of sp³-hybridized carbons (Fsp3) is 0.167. The molecule has 0 fully saturated rings. The van der Waals surface area contributed by atoms with Crippen LogP contribution in [0.15, 0.2) is 35.0 Å². The van der Waals surface area contributed by atoms with Gasteiger partial charge in [-0.25, -0.2) is 0 Å². The van der Waals surface area contributed by atoms with Crippen LogP contribution in [0.3, 0.4) is 0 Å². The molecule has 0 aromatic carbocycles. The van der Waals surface area contributed by atoms with E-state index < -0.39 is 17.4 Å². The molecule has 0 unspecified atom stereocenters. The molecular formula is C12H12N2O3S2. The summed E-state index contributed by atoms with van der Waals surface area (Å²) < 4.78 is 0. The molecule has 2 aromatic heterocycles. The summed E-state index contributed by atoms with van der Waals surface area (Å²) in [5.74, 6) is -1.98. The molecule has 0 aliphatic heterocycles. The second-order valence-corrected chi connectivity index (χ2v) is 5.76. The zero-order valence-corrected chi connectivity index (χ0v) is 11.5. The number of hydrogen-bond donors (Lipinski definition) is 3. The van der Waals surface area contributed by atoms with Crippen LogP contribution in [0.4, 0.5) is 0 Å². The SMILES string of the molecule is NC(=O)C(=O)NCC(O)(c1cccs1)c1cccs1. The van der Waals surface area contributed by atoms with Crippen LogP contribution in [0, 0.1) is 0 Å². The van der Waals surface area contributed by atoms with E-state index in [9.17, 15) is 14.7 Å². The Bertz CT molecular complexity index is 530. The molecule has 0 saturated heterocycles. The van der Waals surface area contributed by atoms with E-state index >= 15 is 0 Å². The standard InChI is InChI=1S/C12H12N2O3S2/c13-10(15)11(16)14-7-12(17,8-3-1-5-18-8)9-4-2-6-19-9/h1-6,17H,7H2,(H2,13,15)(H,14,16). The number of primary amides is 1. The Morgan fingerprint density at radius 3 is 2.11 bits per heavy atom. The van der Waals surface area contributed by atoms with Gasteiger partial charge in [-0.1, -0.05) is 12.1 Å². The first-order chi connectivity index (χ1) is 9.04. The molecule has 0 atom stereocenters. The molecule has 2 amide bonds. The van der Waals surface area contributed by atoms with Gasteiger partial charge in [0.05, 0.1) is 6.54 Å². The van der Waals surface area contributed by atoms with Crippen molar-refractivity contribution < 1.29 is 14.7 Å². The van der Waals surface area contributed by atoms with E-state index in [1.165, 1.54) is 22.7 Å². The van der Waals surface area contributed by atoms with E-state index in [1.54, 1.807) is 12.1 Å². The van der Waals surface area contributed by atoms with Crippen molar-refractivity contribution in [2.75, 3.05) is 6.54 Å². The zero-order chi connectivity index (χ0) is 13.9. The molecular weight excluding hydrogens is 284 g/mol. The van der Waals surface area contributed by atoms with E-state index in [-0.39, 0.29) is 6.54 Å². The Morgan fingerprint density at radius 1 is 1.21 bits per heavy atom. The molecule has 5 nitrogen and oxygen atoms in total. The van der Waals surface area contributed by atoms with E-state index in [0.717, 1.165) is 0 Å². The Hall–Kier alpha value is -1.70. The molecule has 0 bridgehead atoms. The summed E-state index contributed by atoms with van der Waals surface area (Å²) in [5.41, 5.74) is 3.54. The lowest BCUT2D eigenvalue weighted by atomic mass is 10.00. The first-order valence-corrected chi connectivity index (χ1v) is 7.18. The topological polar surface area (TPSA) is 92.4 Å². The van der Waals surface area contributed by atoms with Gasteiger partial charge in [0, 0.05) is 9.75 Å². The molecule has 0 aliphatic carbocycles. The lowest BCUT2D eigenvalue weighted by Gasteiger charge is -2.26. The summed E-state index contributed by atoms with van der Waals surface area (Å²) in [6.45, 7) is -0.101. The third kappa shape index (κ3) is 2.83. The van der Waals surface area contributed by atoms with Crippen molar-refractivity contribution in [3.05, 3.63) is 44.8 Å². The lowest BCUT2D eigenvalue weighted by molar-refractivity contribution is -0.137. The van der Waals surface area contributed by atoms with Crippen LogP contribution in [0.25, 0.3) is 0 Å². The summed E-state index contributed by atoms with van der Waals surface area (Å²) in [6.07, 6.45) is 0. The number of nitrogens with two attached hydrogens (primary N) is 1. The highest BCUT2D eigenvalue weighted by Gasteiger charge is 2.34. The van der Waals surface area contributed by atoms with Gasteiger partial charge >= 0.3 is 11.8 Å². The van der Waals surface area contributed by atoms with Gasteiger partial charge in [0.1, 0.15) is 5.60 Å². The van der Waals surface area contributed by atoms with E-state index in [0.29, 0.717) is 9.75 Å². The monoisotopic (exact) mass is 296 g/mol. The molecule has 4 N–H and O–H groups in total. The minimum atomic E-state index is -1.34. The van der Waals surface area contributed by atoms with E-state index in [1.807, 2.05) is 22.9 Å².